The van der Waals surface area contributed by atoms with Crippen molar-refractivity contribution in [3.8, 4) is 0 Å². The molecule has 1 aromatic rings. The van der Waals surface area contributed by atoms with Crippen LogP contribution in [-0.2, 0) is 16.0 Å². The molecule has 19 heavy (non-hydrogen) atoms. The van der Waals surface area contributed by atoms with E-state index in [1.54, 1.807) is 32.2 Å². The number of hydrogen-bond donors (Lipinski definition) is 2. The molecule has 1 unspecified atom stereocenters. The molecule has 0 bridgehead atoms. The second-order valence-corrected chi connectivity index (χ2v) is 6.40. The molecule has 0 aromatic carbocycles. The smallest absolute Gasteiger partial charge is 0.408 e. The van der Waals surface area contributed by atoms with Gasteiger partial charge < -0.3 is 15.2 Å². The highest BCUT2D eigenvalue weighted by molar-refractivity contribution is 7.10. The summed E-state index contributed by atoms with van der Waals surface area (Å²) in [6.07, 6.45) is -0.575. The van der Waals surface area contributed by atoms with E-state index < -0.39 is 23.7 Å². The number of ether oxygens (including phenoxy) is 1. The SMILES string of the molecule is CC(C)(C)OC(=O)NC(Cc1cc(Cl)cs1)C(=O)O. The number of carboxylic acids is 1. The fourth-order valence-electron chi connectivity index (χ4n) is 1.31. The summed E-state index contributed by atoms with van der Waals surface area (Å²) >= 11 is 7.12. The highest BCUT2D eigenvalue weighted by Gasteiger charge is 2.24. The van der Waals surface area contributed by atoms with Crippen LogP contribution in [0.5, 0.6) is 0 Å². The van der Waals surface area contributed by atoms with E-state index in [2.05, 4.69) is 5.32 Å². The molecule has 1 rings (SSSR count). The molecular formula is C12H16ClNO4S. The highest BCUT2D eigenvalue weighted by atomic mass is 35.5. The van der Waals surface area contributed by atoms with Crippen LogP contribution >= 0.6 is 22.9 Å². The Morgan fingerprint density at radius 1 is 1.53 bits per heavy atom. The number of thiophene rings is 1. The largest absolute Gasteiger partial charge is 0.480 e. The lowest BCUT2D eigenvalue weighted by Crippen LogP contribution is -2.44. The zero-order valence-electron chi connectivity index (χ0n) is 10.9. The molecule has 7 heteroatoms. The first kappa shape index (κ1) is 15.8. The van der Waals surface area contributed by atoms with Crippen LogP contribution in [0.25, 0.3) is 0 Å². The van der Waals surface area contributed by atoms with Crippen LogP contribution in [0.4, 0.5) is 4.79 Å². The first-order valence-corrected chi connectivity index (χ1v) is 6.88. The lowest BCUT2D eigenvalue weighted by Gasteiger charge is -2.21. The summed E-state index contributed by atoms with van der Waals surface area (Å²) in [7, 11) is 0. The van der Waals surface area contributed by atoms with E-state index in [0.29, 0.717) is 5.02 Å². The monoisotopic (exact) mass is 305 g/mol. The second-order valence-electron chi connectivity index (χ2n) is 4.97. The normalized spacial score (nSPS) is 12.8. The number of nitrogens with one attached hydrogen (secondary N) is 1. The predicted molar refractivity (Wildman–Crippen MR) is 73.8 cm³/mol. The molecule has 2 N–H and O–H groups in total. The van der Waals surface area contributed by atoms with Gasteiger partial charge in [-0.3, -0.25) is 0 Å². The number of hydrogen-bond acceptors (Lipinski definition) is 4. The topological polar surface area (TPSA) is 75.6 Å². The molecule has 1 amide bonds. The third-order valence-corrected chi connectivity index (χ3v) is 3.32. The quantitative estimate of drug-likeness (QED) is 0.897. The summed E-state index contributed by atoms with van der Waals surface area (Å²) in [6.45, 7) is 5.13. The molecule has 1 heterocycles. The van der Waals surface area contributed by atoms with Crippen molar-refractivity contribution in [2.45, 2.75) is 38.8 Å². The van der Waals surface area contributed by atoms with E-state index in [9.17, 15) is 9.59 Å². The van der Waals surface area contributed by atoms with Gasteiger partial charge in [-0.2, -0.15) is 0 Å². The highest BCUT2D eigenvalue weighted by Crippen LogP contribution is 2.20. The Morgan fingerprint density at radius 3 is 2.58 bits per heavy atom. The van der Waals surface area contributed by atoms with E-state index in [1.165, 1.54) is 11.3 Å². The first-order valence-electron chi connectivity index (χ1n) is 5.62. The van der Waals surface area contributed by atoms with Gasteiger partial charge in [0.25, 0.3) is 0 Å². The van der Waals surface area contributed by atoms with Gasteiger partial charge in [0.05, 0.1) is 5.02 Å². The van der Waals surface area contributed by atoms with Gasteiger partial charge in [0, 0.05) is 16.7 Å². The van der Waals surface area contributed by atoms with Crippen LogP contribution in [0, 0.1) is 0 Å². The zero-order chi connectivity index (χ0) is 14.6. The molecule has 106 valence electrons. The van der Waals surface area contributed by atoms with Gasteiger partial charge in [0.1, 0.15) is 11.6 Å². The molecule has 0 aliphatic heterocycles. The van der Waals surface area contributed by atoms with Crippen molar-refractivity contribution in [1.82, 2.24) is 5.32 Å². The maximum atomic E-state index is 11.5. The van der Waals surface area contributed by atoms with Crippen molar-refractivity contribution in [3.63, 3.8) is 0 Å². The van der Waals surface area contributed by atoms with E-state index in [4.69, 9.17) is 21.4 Å². The Bertz CT molecular complexity index is 467. The summed E-state index contributed by atoms with van der Waals surface area (Å²) < 4.78 is 5.03. The number of rotatable bonds is 4. The minimum Gasteiger partial charge on any atom is -0.480 e. The van der Waals surface area contributed by atoms with Gasteiger partial charge in [-0.05, 0) is 26.8 Å². The van der Waals surface area contributed by atoms with Crippen molar-refractivity contribution < 1.29 is 19.4 Å². The van der Waals surface area contributed by atoms with Gasteiger partial charge in [0.2, 0.25) is 0 Å². The molecule has 0 radical (unpaired) electrons. The summed E-state index contributed by atoms with van der Waals surface area (Å²) in [4.78, 5) is 23.4. The lowest BCUT2D eigenvalue weighted by atomic mass is 10.2. The molecule has 0 aliphatic rings. The minimum absolute atomic E-state index is 0.173. The van der Waals surface area contributed by atoms with E-state index in [-0.39, 0.29) is 6.42 Å². The Hall–Kier alpha value is -1.27. The molecule has 0 fully saturated rings. The standard InChI is InChI=1S/C12H16ClNO4S/c1-12(2,3)18-11(17)14-9(10(15)16)5-8-4-7(13)6-19-8/h4,6,9H,5H2,1-3H3,(H,14,17)(H,15,16). The molecule has 5 nitrogen and oxygen atoms in total. The van der Waals surface area contributed by atoms with Crippen LogP contribution < -0.4 is 5.32 Å². The number of halogens is 1. The number of amides is 1. The summed E-state index contributed by atoms with van der Waals surface area (Å²) in [6, 6.07) is 0.642. The summed E-state index contributed by atoms with van der Waals surface area (Å²) in [5.41, 5.74) is -0.667. The van der Waals surface area contributed by atoms with Gasteiger partial charge in [-0.1, -0.05) is 11.6 Å². The van der Waals surface area contributed by atoms with Crippen LogP contribution in [-0.4, -0.2) is 28.8 Å². The average Bonchev–Trinajstić information content (AvgIpc) is 2.60. The lowest BCUT2D eigenvalue weighted by molar-refractivity contribution is -0.139. The number of alkyl carbamates (subject to hydrolysis) is 1. The van der Waals surface area contributed by atoms with E-state index >= 15 is 0 Å². The van der Waals surface area contributed by atoms with Gasteiger partial charge in [0.15, 0.2) is 0 Å². The van der Waals surface area contributed by atoms with Crippen LogP contribution in [0.1, 0.15) is 25.6 Å². The zero-order valence-corrected chi connectivity index (χ0v) is 12.5. The third kappa shape index (κ3) is 5.94. The van der Waals surface area contributed by atoms with Crippen molar-refractivity contribution in [3.05, 3.63) is 21.3 Å². The third-order valence-electron chi connectivity index (χ3n) is 2.02. The predicted octanol–water partition coefficient (Wildman–Crippen LogP) is 2.92. The number of carbonyl (C=O) groups excluding carboxylic acids is 1. The Labute approximate surface area is 120 Å². The van der Waals surface area contributed by atoms with Crippen LogP contribution in [0.3, 0.4) is 0 Å². The average molecular weight is 306 g/mol. The van der Waals surface area contributed by atoms with Crippen molar-refractivity contribution in [1.29, 1.82) is 0 Å². The Morgan fingerprint density at radius 2 is 2.16 bits per heavy atom. The molecule has 1 atom stereocenters. The van der Waals surface area contributed by atoms with Crippen LogP contribution in [0.15, 0.2) is 11.4 Å². The fourth-order valence-corrected chi connectivity index (χ4v) is 2.43. The Balaban J connectivity index is 2.63. The van der Waals surface area contributed by atoms with E-state index in [1.807, 2.05) is 0 Å². The molecule has 0 saturated heterocycles. The van der Waals surface area contributed by atoms with Crippen LogP contribution in [0.2, 0.25) is 5.02 Å². The molecule has 1 aromatic heterocycles. The number of carbonyl (C=O) groups is 2. The summed E-state index contributed by atoms with van der Waals surface area (Å²) in [5, 5.41) is 13.7. The summed E-state index contributed by atoms with van der Waals surface area (Å²) in [5.74, 6) is -1.12. The minimum atomic E-state index is -1.12. The van der Waals surface area contributed by atoms with Crippen molar-refractivity contribution >= 4 is 35.0 Å². The van der Waals surface area contributed by atoms with Gasteiger partial charge in [-0.15, -0.1) is 11.3 Å². The maximum absolute atomic E-state index is 11.5. The Kier molecular flexibility index (Phi) is 5.20. The molecular weight excluding hydrogens is 290 g/mol. The molecule has 0 spiro atoms. The van der Waals surface area contributed by atoms with E-state index in [0.717, 1.165) is 4.88 Å². The molecule has 0 aliphatic carbocycles. The molecule has 0 saturated carbocycles. The maximum Gasteiger partial charge on any atom is 0.408 e. The second kappa shape index (κ2) is 6.25. The van der Waals surface area contributed by atoms with Crippen molar-refractivity contribution in [2.24, 2.45) is 0 Å². The van der Waals surface area contributed by atoms with Gasteiger partial charge >= 0.3 is 12.1 Å². The number of aliphatic carboxylic acids is 1. The fraction of sp³-hybridized carbons (Fsp3) is 0.500. The van der Waals surface area contributed by atoms with Gasteiger partial charge in [-0.25, -0.2) is 9.59 Å². The van der Waals surface area contributed by atoms with Crippen molar-refractivity contribution in [2.75, 3.05) is 0 Å². The first-order chi connectivity index (χ1) is 8.67. The number of carboxylic acid groups (broad SMARTS) is 1.